The highest BCUT2D eigenvalue weighted by Gasteiger charge is 2.27. The molecule has 3 heterocycles. The number of rotatable bonds is 4. The number of carbonyl (C=O) groups excluding carboxylic acids is 1. The summed E-state index contributed by atoms with van der Waals surface area (Å²) in [6.45, 7) is 3.78. The van der Waals surface area contributed by atoms with Crippen LogP contribution in [0.1, 0.15) is 12.0 Å². The molecule has 0 aliphatic carbocycles. The van der Waals surface area contributed by atoms with Crippen molar-refractivity contribution >= 4 is 50.1 Å². The van der Waals surface area contributed by atoms with E-state index in [0.717, 1.165) is 45.7 Å². The summed E-state index contributed by atoms with van der Waals surface area (Å²) in [6.07, 6.45) is 0.366. The number of carbonyl (C=O) groups is 1. The molecule has 0 saturated carbocycles. The lowest BCUT2D eigenvalue weighted by molar-refractivity contribution is -0.115. The first-order valence-electron chi connectivity index (χ1n) is 9.11. The molecule has 5 nitrogen and oxygen atoms in total. The number of benzene rings is 2. The fourth-order valence-electron chi connectivity index (χ4n) is 3.34. The van der Waals surface area contributed by atoms with E-state index in [-0.39, 0.29) is 5.91 Å². The fourth-order valence-corrected chi connectivity index (χ4v) is 5.36. The van der Waals surface area contributed by atoms with Gasteiger partial charge in [-0.15, -0.1) is 11.3 Å². The molecule has 1 amide bonds. The van der Waals surface area contributed by atoms with Gasteiger partial charge in [-0.25, -0.2) is 4.98 Å². The third-order valence-corrected chi connectivity index (χ3v) is 6.77. The van der Waals surface area contributed by atoms with Crippen LogP contribution in [0.2, 0.25) is 0 Å². The molecule has 7 heteroatoms. The predicted octanol–water partition coefficient (Wildman–Crippen LogP) is 4.86. The summed E-state index contributed by atoms with van der Waals surface area (Å²) in [5, 5.41) is 7.02. The number of thiazole rings is 1. The average Bonchev–Trinajstić information content (AvgIpc) is 3.39. The number of nitrogens with one attached hydrogen (secondary N) is 1. The van der Waals surface area contributed by atoms with Crippen molar-refractivity contribution in [3.63, 3.8) is 0 Å². The topological polar surface area (TPSA) is 57.6 Å². The van der Waals surface area contributed by atoms with Crippen molar-refractivity contribution in [3.8, 4) is 10.6 Å². The zero-order valence-corrected chi connectivity index (χ0v) is 16.9. The van der Waals surface area contributed by atoms with Crippen LogP contribution < -0.4 is 5.32 Å². The minimum Gasteiger partial charge on any atom is -0.326 e. The van der Waals surface area contributed by atoms with Crippen LogP contribution in [-0.4, -0.2) is 34.0 Å². The van der Waals surface area contributed by atoms with Gasteiger partial charge < -0.3 is 10.2 Å². The molecule has 140 valence electrons. The number of hydrogen-bond donors (Lipinski definition) is 1. The van der Waals surface area contributed by atoms with E-state index in [1.807, 2.05) is 29.7 Å². The SMILES string of the molecule is Cc1ccc2nc(-c3ccc(NC(=O)CC4=CSC5=NCCN45)cc3)sc2c1. The Morgan fingerprint density at radius 2 is 2.07 bits per heavy atom. The number of aromatic nitrogens is 1. The van der Waals surface area contributed by atoms with Crippen LogP contribution in [0.5, 0.6) is 0 Å². The fraction of sp³-hybridized carbons (Fsp3) is 0.190. The Labute approximate surface area is 171 Å². The van der Waals surface area contributed by atoms with Gasteiger partial charge >= 0.3 is 0 Å². The second-order valence-electron chi connectivity index (χ2n) is 6.84. The van der Waals surface area contributed by atoms with E-state index in [1.165, 1.54) is 10.3 Å². The van der Waals surface area contributed by atoms with E-state index in [4.69, 9.17) is 4.98 Å². The van der Waals surface area contributed by atoms with E-state index < -0.39 is 0 Å². The molecule has 0 fully saturated rings. The Bertz CT molecular complexity index is 1130. The van der Waals surface area contributed by atoms with Crippen LogP contribution in [-0.2, 0) is 4.79 Å². The van der Waals surface area contributed by atoms with E-state index in [9.17, 15) is 4.79 Å². The maximum Gasteiger partial charge on any atom is 0.230 e. The van der Waals surface area contributed by atoms with Crippen LogP contribution >= 0.6 is 23.1 Å². The summed E-state index contributed by atoms with van der Waals surface area (Å²) < 4.78 is 1.19. The van der Waals surface area contributed by atoms with Gasteiger partial charge in [0.25, 0.3) is 0 Å². The number of hydrogen-bond acceptors (Lipinski definition) is 6. The third-order valence-electron chi connectivity index (χ3n) is 4.75. The van der Waals surface area contributed by atoms with Crippen LogP contribution in [0.4, 0.5) is 5.69 Å². The van der Waals surface area contributed by atoms with Crippen LogP contribution in [0.3, 0.4) is 0 Å². The molecule has 3 aromatic rings. The molecule has 2 aliphatic rings. The molecule has 5 rings (SSSR count). The first-order valence-corrected chi connectivity index (χ1v) is 10.8. The maximum atomic E-state index is 12.4. The molecule has 0 spiro atoms. The highest BCUT2D eigenvalue weighted by molar-refractivity contribution is 8.16. The summed E-state index contributed by atoms with van der Waals surface area (Å²) in [7, 11) is 0. The van der Waals surface area contributed by atoms with E-state index in [1.54, 1.807) is 23.1 Å². The van der Waals surface area contributed by atoms with Gasteiger partial charge in [0.05, 0.1) is 23.2 Å². The molecule has 28 heavy (non-hydrogen) atoms. The molecule has 0 saturated heterocycles. The molecule has 2 aromatic carbocycles. The van der Waals surface area contributed by atoms with E-state index in [2.05, 4.69) is 40.3 Å². The quantitative estimate of drug-likeness (QED) is 0.672. The average molecular weight is 407 g/mol. The second-order valence-corrected chi connectivity index (χ2v) is 8.70. The van der Waals surface area contributed by atoms with E-state index in [0.29, 0.717) is 6.42 Å². The molecule has 2 aliphatic heterocycles. The normalized spacial score (nSPS) is 15.5. The smallest absolute Gasteiger partial charge is 0.230 e. The summed E-state index contributed by atoms with van der Waals surface area (Å²) in [5.41, 5.74) is 5.15. The Kier molecular flexibility index (Phi) is 4.41. The number of fused-ring (bicyclic) bond motifs is 2. The molecule has 0 bridgehead atoms. The van der Waals surface area contributed by atoms with Gasteiger partial charge in [0.2, 0.25) is 5.91 Å². The molecular weight excluding hydrogens is 388 g/mol. The van der Waals surface area contributed by atoms with Gasteiger partial charge in [0, 0.05) is 23.5 Å². The van der Waals surface area contributed by atoms with Crippen molar-refractivity contribution in [2.75, 3.05) is 18.4 Å². The van der Waals surface area contributed by atoms with Gasteiger partial charge in [-0.05, 0) is 54.3 Å². The van der Waals surface area contributed by atoms with Gasteiger partial charge in [-0.3, -0.25) is 9.79 Å². The largest absolute Gasteiger partial charge is 0.326 e. The molecule has 1 aromatic heterocycles. The molecule has 0 radical (unpaired) electrons. The number of nitrogens with zero attached hydrogens (tertiary/aromatic N) is 3. The lowest BCUT2D eigenvalue weighted by atomic mass is 10.2. The summed E-state index contributed by atoms with van der Waals surface area (Å²) >= 11 is 3.29. The Balaban J connectivity index is 1.27. The zero-order chi connectivity index (χ0) is 19.1. The first-order chi connectivity index (χ1) is 13.7. The monoisotopic (exact) mass is 406 g/mol. The summed E-state index contributed by atoms with van der Waals surface area (Å²) in [6, 6.07) is 14.2. The number of aliphatic imine (C=N–C) groups is 1. The third kappa shape index (κ3) is 3.31. The number of anilines is 1. The summed E-state index contributed by atoms with van der Waals surface area (Å²) in [4.78, 5) is 23.7. The van der Waals surface area contributed by atoms with Crippen molar-refractivity contribution in [2.24, 2.45) is 4.99 Å². The Morgan fingerprint density at radius 3 is 2.93 bits per heavy atom. The van der Waals surface area contributed by atoms with Crippen molar-refractivity contribution in [1.29, 1.82) is 0 Å². The van der Waals surface area contributed by atoms with Gasteiger partial charge in [0.15, 0.2) is 5.17 Å². The van der Waals surface area contributed by atoms with Gasteiger partial charge in [-0.2, -0.15) is 0 Å². The predicted molar refractivity (Wildman–Crippen MR) is 118 cm³/mol. The number of amidine groups is 1. The Hall–Kier alpha value is -2.64. The minimum atomic E-state index is -0.0109. The van der Waals surface area contributed by atoms with Crippen molar-refractivity contribution in [3.05, 3.63) is 59.1 Å². The van der Waals surface area contributed by atoms with Gasteiger partial charge in [0.1, 0.15) is 5.01 Å². The number of thioether (sulfide) groups is 1. The minimum absolute atomic E-state index is 0.0109. The standard InChI is InChI=1S/C21H18N4OS2/c1-13-2-7-17-18(10-13)28-20(24-17)14-3-5-15(6-4-14)23-19(26)11-16-12-27-21-22-8-9-25(16)21/h2-7,10,12H,8-9,11H2,1H3,(H,23,26). The van der Waals surface area contributed by atoms with Crippen molar-refractivity contribution in [1.82, 2.24) is 9.88 Å². The number of amides is 1. The van der Waals surface area contributed by atoms with Gasteiger partial charge in [-0.1, -0.05) is 17.8 Å². The maximum absolute atomic E-state index is 12.4. The van der Waals surface area contributed by atoms with Crippen LogP contribution in [0, 0.1) is 6.92 Å². The molecule has 0 atom stereocenters. The molecule has 1 N–H and O–H groups in total. The highest BCUT2D eigenvalue weighted by atomic mass is 32.2. The molecular formula is C21H18N4OS2. The second kappa shape index (κ2) is 7.07. The van der Waals surface area contributed by atoms with Crippen LogP contribution in [0.25, 0.3) is 20.8 Å². The van der Waals surface area contributed by atoms with Crippen LogP contribution in [0.15, 0.2) is 58.6 Å². The van der Waals surface area contributed by atoms with Crippen molar-refractivity contribution in [2.45, 2.75) is 13.3 Å². The van der Waals surface area contributed by atoms with E-state index >= 15 is 0 Å². The lowest BCUT2D eigenvalue weighted by Crippen LogP contribution is -2.24. The molecule has 0 unspecified atom stereocenters. The first kappa shape index (κ1) is 17.5. The number of aryl methyl sites for hydroxylation is 1. The zero-order valence-electron chi connectivity index (χ0n) is 15.3. The lowest BCUT2D eigenvalue weighted by Gasteiger charge is -2.16. The highest BCUT2D eigenvalue weighted by Crippen LogP contribution is 2.32. The van der Waals surface area contributed by atoms with Crippen molar-refractivity contribution < 1.29 is 4.79 Å². The summed E-state index contributed by atoms with van der Waals surface area (Å²) in [5.74, 6) is -0.0109. The Morgan fingerprint density at radius 1 is 1.21 bits per heavy atom.